The van der Waals surface area contributed by atoms with Crippen LogP contribution >= 0.6 is 0 Å². The predicted octanol–water partition coefficient (Wildman–Crippen LogP) is 2.71. The van der Waals surface area contributed by atoms with Gasteiger partial charge in [0.05, 0.1) is 17.4 Å². The molecule has 162 valence electrons. The maximum atomic E-state index is 13.0. The molecule has 31 heavy (non-hydrogen) atoms. The van der Waals surface area contributed by atoms with Gasteiger partial charge < -0.3 is 14.6 Å². The summed E-state index contributed by atoms with van der Waals surface area (Å²) in [6.45, 7) is 6.38. The van der Waals surface area contributed by atoms with Gasteiger partial charge in [0, 0.05) is 30.2 Å². The molecule has 0 saturated carbocycles. The molecule has 1 aromatic carbocycles. The second-order valence-corrected chi connectivity index (χ2v) is 8.89. The van der Waals surface area contributed by atoms with E-state index in [1.54, 1.807) is 49.9 Å². The number of hydrogen-bond donors (Lipinski definition) is 1. The molecular formula is C23H25N3O5. The summed E-state index contributed by atoms with van der Waals surface area (Å²) in [5.74, 6) is -0.894. The molecule has 4 amide bonds. The highest BCUT2D eigenvalue weighted by Crippen LogP contribution is 2.30. The largest absolute Gasteiger partial charge is 0.459 e. The molecule has 8 heteroatoms. The maximum absolute atomic E-state index is 13.0. The molecular weight excluding hydrogens is 398 g/mol. The highest BCUT2D eigenvalue weighted by atomic mass is 16.3. The van der Waals surface area contributed by atoms with Gasteiger partial charge in [-0.3, -0.25) is 24.1 Å². The van der Waals surface area contributed by atoms with Crippen LogP contribution in [0.25, 0.3) is 0 Å². The molecule has 1 aromatic heterocycles. The Morgan fingerprint density at radius 3 is 2.32 bits per heavy atom. The van der Waals surface area contributed by atoms with Crippen molar-refractivity contribution in [2.24, 2.45) is 0 Å². The van der Waals surface area contributed by atoms with Crippen LogP contribution < -0.4 is 5.32 Å². The van der Waals surface area contributed by atoms with E-state index in [0.29, 0.717) is 37.1 Å². The van der Waals surface area contributed by atoms with E-state index in [1.807, 2.05) is 0 Å². The van der Waals surface area contributed by atoms with Crippen molar-refractivity contribution in [1.29, 1.82) is 0 Å². The molecule has 2 aliphatic rings. The van der Waals surface area contributed by atoms with E-state index < -0.39 is 5.54 Å². The Labute approximate surface area is 180 Å². The van der Waals surface area contributed by atoms with E-state index in [0.717, 1.165) is 0 Å². The normalized spacial score (nSPS) is 17.1. The molecule has 1 N–H and O–H groups in total. The zero-order chi connectivity index (χ0) is 22.3. The minimum atomic E-state index is -0.640. The second kappa shape index (κ2) is 7.68. The van der Waals surface area contributed by atoms with Gasteiger partial charge in [-0.15, -0.1) is 0 Å². The Morgan fingerprint density at radius 1 is 1.03 bits per heavy atom. The standard InChI is InChI=1S/C23H25N3O5/c1-23(2,3)26-21(29)16-7-6-14(13-17(16)22(26)30)20(28)25-10-8-15(9-11-25)24-19(27)18-5-4-12-31-18/h4-7,12-13,15H,8-11H2,1-3H3,(H,24,27). The Morgan fingerprint density at radius 2 is 1.71 bits per heavy atom. The zero-order valence-electron chi connectivity index (χ0n) is 17.8. The van der Waals surface area contributed by atoms with Gasteiger partial charge in [-0.2, -0.15) is 0 Å². The van der Waals surface area contributed by atoms with Gasteiger partial charge in [0.15, 0.2) is 5.76 Å². The minimum absolute atomic E-state index is 0.0405. The molecule has 0 bridgehead atoms. The van der Waals surface area contributed by atoms with E-state index in [1.165, 1.54) is 17.2 Å². The van der Waals surface area contributed by atoms with Crippen molar-refractivity contribution in [3.05, 3.63) is 59.0 Å². The lowest BCUT2D eigenvalue weighted by atomic mass is 10.0. The quantitative estimate of drug-likeness (QED) is 0.765. The first-order valence-electron chi connectivity index (χ1n) is 10.3. The van der Waals surface area contributed by atoms with Gasteiger partial charge in [0.1, 0.15) is 0 Å². The number of fused-ring (bicyclic) bond motifs is 1. The first-order valence-corrected chi connectivity index (χ1v) is 10.3. The van der Waals surface area contributed by atoms with Crippen LogP contribution in [0.1, 0.15) is 75.2 Å². The number of nitrogens with zero attached hydrogens (tertiary/aromatic N) is 2. The van der Waals surface area contributed by atoms with Crippen molar-refractivity contribution in [1.82, 2.24) is 15.1 Å². The lowest BCUT2D eigenvalue weighted by molar-refractivity contribution is 0.0507. The molecule has 1 fully saturated rings. The van der Waals surface area contributed by atoms with Gasteiger partial charge in [-0.05, 0) is 63.9 Å². The molecule has 1 saturated heterocycles. The van der Waals surface area contributed by atoms with Crippen LogP contribution in [0.5, 0.6) is 0 Å². The Bertz CT molecular complexity index is 1040. The molecule has 4 rings (SSSR count). The van der Waals surface area contributed by atoms with Crippen molar-refractivity contribution in [3.8, 4) is 0 Å². The third-order valence-corrected chi connectivity index (χ3v) is 5.67. The lowest BCUT2D eigenvalue weighted by Gasteiger charge is -2.32. The van der Waals surface area contributed by atoms with E-state index in [2.05, 4.69) is 5.32 Å². The molecule has 3 heterocycles. The van der Waals surface area contributed by atoms with E-state index in [-0.39, 0.29) is 41.0 Å². The topological polar surface area (TPSA) is 99.9 Å². The van der Waals surface area contributed by atoms with Crippen molar-refractivity contribution < 1.29 is 23.6 Å². The number of benzene rings is 1. The highest BCUT2D eigenvalue weighted by molar-refractivity contribution is 6.22. The summed E-state index contributed by atoms with van der Waals surface area (Å²) in [4.78, 5) is 53.5. The smallest absolute Gasteiger partial charge is 0.287 e. The summed E-state index contributed by atoms with van der Waals surface area (Å²) < 4.78 is 5.10. The summed E-state index contributed by atoms with van der Waals surface area (Å²) in [6.07, 6.45) is 2.70. The van der Waals surface area contributed by atoms with Crippen LogP contribution in [0.2, 0.25) is 0 Å². The maximum Gasteiger partial charge on any atom is 0.287 e. The summed E-state index contributed by atoms with van der Waals surface area (Å²) in [7, 11) is 0. The highest BCUT2D eigenvalue weighted by Gasteiger charge is 2.42. The molecule has 0 atom stereocenters. The van der Waals surface area contributed by atoms with Crippen LogP contribution in [-0.4, -0.2) is 58.1 Å². The van der Waals surface area contributed by atoms with Crippen molar-refractivity contribution in [2.75, 3.05) is 13.1 Å². The van der Waals surface area contributed by atoms with Crippen LogP contribution in [0.4, 0.5) is 0 Å². The second-order valence-electron chi connectivity index (χ2n) is 8.89. The Kier molecular flexibility index (Phi) is 5.16. The van der Waals surface area contributed by atoms with Crippen molar-refractivity contribution in [2.45, 2.75) is 45.2 Å². The fraction of sp³-hybridized carbons (Fsp3) is 0.391. The van der Waals surface area contributed by atoms with Crippen LogP contribution in [-0.2, 0) is 0 Å². The summed E-state index contributed by atoms with van der Waals surface area (Å²) >= 11 is 0. The molecule has 0 aliphatic carbocycles. The van der Waals surface area contributed by atoms with Crippen molar-refractivity contribution in [3.63, 3.8) is 0 Å². The number of carbonyl (C=O) groups is 4. The fourth-order valence-electron chi connectivity index (χ4n) is 4.06. The first kappa shape index (κ1) is 20.8. The number of nitrogens with one attached hydrogen (secondary N) is 1. The van der Waals surface area contributed by atoms with Gasteiger partial charge in [-0.25, -0.2) is 0 Å². The van der Waals surface area contributed by atoms with E-state index in [4.69, 9.17) is 4.42 Å². The van der Waals surface area contributed by atoms with Gasteiger partial charge in [-0.1, -0.05) is 0 Å². The van der Waals surface area contributed by atoms with Crippen LogP contribution in [0.3, 0.4) is 0 Å². The molecule has 2 aliphatic heterocycles. The number of likely N-dealkylation sites (tertiary alicyclic amines) is 1. The number of rotatable bonds is 3. The average Bonchev–Trinajstić information content (AvgIpc) is 3.35. The molecule has 0 spiro atoms. The SMILES string of the molecule is CC(C)(C)N1C(=O)c2ccc(C(=O)N3CCC(NC(=O)c4ccco4)CC3)cc2C1=O. The Hall–Kier alpha value is -3.42. The summed E-state index contributed by atoms with van der Waals surface area (Å²) in [6, 6.07) is 7.91. The fourth-order valence-corrected chi connectivity index (χ4v) is 4.06. The number of imide groups is 1. The van der Waals surface area contributed by atoms with Gasteiger partial charge in [0.25, 0.3) is 23.6 Å². The van der Waals surface area contributed by atoms with Crippen molar-refractivity contribution >= 4 is 23.6 Å². The number of piperidine rings is 1. The summed E-state index contributed by atoms with van der Waals surface area (Å²) in [5.41, 5.74) is 0.343. The molecule has 8 nitrogen and oxygen atoms in total. The molecule has 0 unspecified atom stereocenters. The van der Waals surface area contributed by atoms with Gasteiger partial charge in [0.2, 0.25) is 0 Å². The minimum Gasteiger partial charge on any atom is -0.459 e. The predicted molar refractivity (Wildman–Crippen MR) is 112 cm³/mol. The number of hydrogen-bond acceptors (Lipinski definition) is 5. The zero-order valence-corrected chi connectivity index (χ0v) is 17.8. The Balaban J connectivity index is 1.42. The number of carbonyl (C=O) groups excluding carboxylic acids is 4. The van der Waals surface area contributed by atoms with E-state index >= 15 is 0 Å². The van der Waals surface area contributed by atoms with Crippen LogP contribution in [0, 0.1) is 0 Å². The van der Waals surface area contributed by atoms with Crippen LogP contribution in [0.15, 0.2) is 41.0 Å². The number of amides is 4. The van der Waals surface area contributed by atoms with Gasteiger partial charge >= 0.3 is 0 Å². The first-order chi connectivity index (χ1) is 14.7. The number of furan rings is 1. The summed E-state index contributed by atoms with van der Waals surface area (Å²) in [5, 5.41) is 2.93. The van der Waals surface area contributed by atoms with E-state index in [9.17, 15) is 19.2 Å². The lowest BCUT2D eigenvalue weighted by Crippen LogP contribution is -2.46. The third kappa shape index (κ3) is 3.85. The third-order valence-electron chi connectivity index (χ3n) is 5.67. The average molecular weight is 423 g/mol. The monoisotopic (exact) mass is 423 g/mol. The molecule has 0 radical (unpaired) electrons. The molecule has 2 aromatic rings.